The molecule has 0 aliphatic heterocycles. The third-order valence-electron chi connectivity index (χ3n) is 4.88. The first kappa shape index (κ1) is 25.8. The van der Waals surface area contributed by atoms with E-state index in [4.69, 9.17) is 46.4 Å². The van der Waals surface area contributed by atoms with Gasteiger partial charge >= 0.3 is 6.18 Å². The monoisotopic (exact) mass is 548 g/mol. The van der Waals surface area contributed by atoms with Gasteiger partial charge in [0.15, 0.2) is 0 Å². The lowest BCUT2D eigenvalue weighted by atomic mass is 10.1. The third-order valence-corrected chi connectivity index (χ3v) is 6.49. The molecule has 0 unspecified atom stereocenters. The van der Waals surface area contributed by atoms with E-state index in [1.165, 1.54) is 24.3 Å². The summed E-state index contributed by atoms with van der Waals surface area (Å²) < 4.78 is 61.7. The number of hydrogen-bond acceptors (Lipinski definition) is 2. The van der Waals surface area contributed by atoms with Gasteiger partial charge in [-0.25, -0.2) is 8.78 Å². The smallest absolute Gasteiger partial charge is 0.343 e. The summed E-state index contributed by atoms with van der Waals surface area (Å²) in [5.74, 6) is -3.65. The van der Waals surface area contributed by atoms with E-state index in [2.05, 4.69) is 5.32 Å². The highest BCUT2D eigenvalue weighted by molar-refractivity contribution is 6.53. The van der Waals surface area contributed by atoms with Gasteiger partial charge in [-0.15, -0.1) is 23.2 Å². The number of halogens is 9. The summed E-state index contributed by atoms with van der Waals surface area (Å²) in [5.41, 5.74) is -0.409. The topological polar surface area (TPSA) is 58.2 Å². The average molecular weight is 550 g/mol. The highest BCUT2D eigenvalue weighted by Crippen LogP contribution is 2.65. The van der Waals surface area contributed by atoms with Crippen LogP contribution < -0.4 is 10.6 Å². The van der Waals surface area contributed by atoms with Gasteiger partial charge in [-0.3, -0.25) is 9.59 Å². The van der Waals surface area contributed by atoms with Gasteiger partial charge in [0.05, 0.1) is 16.5 Å². The van der Waals surface area contributed by atoms with Crippen LogP contribution >= 0.6 is 46.4 Å². The first-order chi connectivity index (χ1) is 15.2. The molecule has 1 saturated carbocycles. The van der Waals surface area contributed by atoms with E-state index in [1.807, 2.05) is 0 Å². The van der Waals surface area contributed by atoms with Gasteiger partial charge in [0.1, 0.15) is 10.9 Å². The van der Waals surface area contributed by atoms with E-state index in [1.54, 1.807) is 5.32 Å². The van der Waals surface area contributed by atoms with Crippen LogP contribution in [0.25, 0.3) is 0 Å². The van der Waals surface area contributed by atoms with Crippen LogP contribution in [-0.2, 0) is 4.79 Å². The molecule has 1 aliphatic rings. The van der Waals surface area contributed by atoms with E-state index < -0.39 is 52.7 Å². The van der Waals surface area contributed by atoms with E-state index in [-0.39, 0.29) is 26.9 Å². The zero-order chi connectivity index (χ0) is 24.7. The molecule has 0 heterocycles. The van der Waals surface area contributed by atoms with E-state index >= 15 is 0 Å². The number of benzene rings is 2. The molecule has 1 fully saturated rings. The number of nitrogens with one attached hydrogen (secondary N) is 2. The van der Waals surface area contributed by atoms with Gasteiger partial charge in [-0.05, 0) is 35.9 Å². The predicted molar refractivity (Wildman–Crippen MR) is 116 cm³/mol. The standard InChI is InChI=1S/C20H13Cl4F5N2O2/c21-12-3-1-8(5-10(12)16(25)26)14-15(20(14,23)24)18(33)31-9-2-4-13(22)11(6-9)17(32)30-7-19(27,28)29/h1-6,14-16H,7H2,(H,30,32)(H,31,33)/t14-,15+/m0/s1. The Labute approximate surface area is 204 Å². The zero-order valence-corrected chi connectivity index (χ0v) is 19.1. The number of hydrogen-bond donors (Lipinski definition) is 2. The average Bonchev–Trinajstić information content (AvgIpc) is 3.29. The van der Waals surface area contributed by atoms with Crippen molar-refractivity contribution in [2.24, 2.45) is 5.92 Å². The van der Waals surface area contributed by atoms with Crippen molar-refractivity contribution in [3.8, 4) is 0 Å². The molecule has 0 bridgehead atoms. The fourth-order valence-electron chi connectivity index (χ4n) is 3.26. The van der Waals surface area contributed by atoms with Crippen molar-refractivity contribution in [2.45, 2.75) is 22.9 Å². The van der Waals surface area contributed by atoms with E-state index in [0.717, 1.165) is 12.1 Å². The Morgan fingerprint density at radius 1 is 1.03 bits per heavy atom. The normalized spacial score (nSPS) is 19.3. The second-order valence-corrected chi connectivity index (χ2v) is 9.45. The minimum atomic E-state index is -4.62. The number of anilines is 1. The molecule has 0 saturated heterocycles. The molecule has 4 nitrogen and oxygen atoms in total. The Morgan fingerprint density at radius 3 is 2.27 bits per heavy atom. The summed E-state index contributed by atoms with van der Waals surface area (Å²) in [5, 5.41) is 3.85. The maximum atomic E-state index is 13.1. The molecule has 2 amide bonds. The summed E-state index contributed by atoms with van der Waals surface area (Å²) in [7, 11) is 0. The quantitative estimate of drug-likeness (QED) is 0.309. The lowest BCUT2D eigenvalue weighted by Crippen LogP contribution is -2.33. The largest absolute Gasteiger partial charge is 0.405 e. The van der Waals surface area contributed by atoms with E-state index in [9.17, 15) is 31.5 Å². The molecule has 3 rings (SSSR count). The number of amides is 2. The number of rotatable bonds is 6. The molecule has 33 heavy (non-hydrogen) atoms. The molecule has 2 aromatic rings. The second kappa shape index (κ2) is 9.44. The first-order valence-corrected chi connectivity index (χ1v) is 10.6. The maximum Gasteiger partial charge on any atom is 0.405 e. The van der Waals surface area contributed by atoms with Crippen LogP contribution in [0.15, 0.2) is 36.4 Å². The van der Waals surface area contributed by atoms with Gasteiger partial charge in [-0.2, -0.15) is 13.2 Å². The van der Waals surface area contributed by atoms with Crippen molar-refractivity contribution in [1.82, 2.24) is 5.32 Å². The molecular formula is C20H13Cl4F5N2O2. The Bertz CT molecular complexity index is 1090. The van der Waals surface area contributed by atoms with Crippen molar-refractivity contribution >= 4 is 63.9 Å². The van der Waals surface area contributed by atoms with Crippen LogP contribution in [0.3, 0.4) is 0 Å². The fraction of sp³-hybridized carbons (Fsp3) is 0.300. The number of carbonyl (C=O) groups excluding carboxylic acids is 2. The molecule has 0 spiro atoms. The SMILES string of the molecule is O=C(NCC(F)(F)F)c1cc(NC(=O)[C@H]2[C@H](c3ccc(Cl)c(C(F)F)c3)C2(Cl)Cl)ccc1Cl. The Balaban J connectivity index is 1.76. The van der Waals surface area contributed by atoms with Crippen molar-refractivity contribution in [3.05, 3.63) is 63.1 Å². The molecule has 1 aliphatic carbocycles. The Kier molecular flexibility index (Phi) is 7.39. The summed E-state index contributed by atoms with van der Waals surface area (Å²) in [4.78, 5) is 24.8. The van der Waals surface area contributed by atoms with Gasteiger partial charge in [0.25, 0.3) is 12.3 Å². The molecule has 2 atom stereocenters. The lowest BCUT2D eigenvalue weighted by molar-refractivity contribution is -0.123. The Hall–Kier alpha value is -1.81. The Morgan fingerprint density at radius 2 is 1.67 bits per heavy atom. The van der Waals surface area contributed by atoms with Crippen LogP contribution in [0.2, 0.25) is 10.0 Å². The summed E-state index contributed by atoms with van der Waals surface area (Å²) in [6.07, 6.45) is -7.47. The summed E-state index contributed by atoms with van der Waals surface area (Å²) >= 11 is 24.1. The van der Waals surface area contributed by atoms with Crippen LogP contribution in [-0.4, -0.2) is 28.9 Å². The minimum absolute atomic E-state index is 0.0423. The van der Waals surface area contributed by atoms with Crippen molar-refractivity contribution in [1.29, 1.82) is 0 Å². The molecular weight excluding hydrogens is 537 g/mol. The zero-order valence-electron chi connectivity index (χ0n) is 16.1. The van der Waals surface area contributed by atoms with Crippen LogP contribution in [0.5, 0.6) is 0 Å². The van der Waals surface area contributed by atoms with Crippen LogP contribution in [0.1, 0.15) is 33.8 Å². The third kappa shape index (κ3) is 5.82. The van der Waals surface area contributed by atoms with Crippen LogP contribution in [0.4, 0.5) is 27.6 Å². The summed E-state index contributed by atoms with van der Waals surface area (Å²) in [6, 6.07) is 7.42. The minimum Gasteiger partial charge on any atom is -0.343 e. The van der Waals surface area contributed by atoms with Crippen molar-refractivity contribution in [3.63, 3.8) is 0 Å². The lowest BCUT2D eigenvalue weighted by Gasteiger charge is -2.11. The predicted octanol–water partition coefficient (Wildman–Crippen LogP) is 6.75. The van der Waals surface area contributed by atoms with Gasteiger partial charge in [0, 0.05) is 22.2 Å². The first-order valence-electron chi connectivity index (χ1n) is 9.13. The van der Waals surface area contributed by atoms with E-state index in [0.29, 0.717) is 0 Å². The molecule has 2 aromatic carbocycles. The number of carbonyl (C=O) groups is 2. The van der Waals surface area contributed by atoms with Crippen molar-refractivity contribution in [2.75, 3.05) is 11.9 Å². The molecule has 2 N–H and O–H groups in total. The molecule has 0 aromatic heterocycles. The molecule has 13 heteroatoms. The fourth-order valence-corrected chi connectivity index (χ4v) is 4.49. The highest BCUT2D eigenvalue weighted by atomic mass is 35.5. The van der Waals surface area contributed by atoms with Crippen LogP contribution in [0, 0.1) is 5.92 Å². The van der Waals surface area contributed by atoms with Gasteiger partial charge in [0.2, 0.25) is 5.91 Å². The molecule has 178 valence electrons. The second-order valence-electron chi connectivity index (χ2n) is 7.19. The number of alkyl halides is 7. The van der Waals surface area contributed by atoms with Crippen molar-refractivity contribution < 1.29 is 31.5 Å². The molecule has 0 radical (unpaired) electrons. The van der Waals surface area contributed by atoms with Gasteiger partial charge < -0.3 is 10.6 Å². The highest BCUT2D eigenvalue weighted by Gasteiger charge is 2.67. The maximum absolute atomic E-state index is 13.1. The van der Waals surface area contributed by atoms with Gasteiger partial charge in [-0.1, -0.05) is 29.3 Å². The summed E-state index contributed by atoms with van der Waals surface area (Å²) in [6.45, 7) is -1.56.